The van der Waals surface area contributed by atoms with Gasteiger partial charge in [-0.15, -0.1) is 0 Å². The molecule has 2 aliphatic rings. The molecule has 0 radical (unpaired) electrons. The average molecular weight is 400 g/mol. The zero-order chi connectivity index (χ0) is 20.5. The molecular formula is C23H24N6O. The molecule has 0 unspecified atom stereocenters. The van der Waals surface area contributed by atoms with Crippen molar-refractivity contribution in [3.63, 3.8) is 0 Å². The Morgan fingerprint density at radius 2 is 1.73 bits per heavy atom. The minimum Gasteiger partial charge on any atom is -0.368 e. The van der Waals surface area contributed by atoms with Crippen molar-refractivity contribution in [3.8, 4) is 11.4 Å². The minimum atomic E-state index is -0.122. The third-order valence-electron chi connectivity index (χ3n) is 5.76. The molecule has 0 atom stereocenters. The smallest absolute Gasteiger partial charge is 0.270 e. The fourth-order valence-corrected chi connectivity index (χ4v) is 4.09. The highest BCUT2D eigenvalue weighted by Gasteiger charge is 2.28. The first kappa shape index (κ1) is 18.5. The van der Waals surface area contributed by atoms with E-state index in [4.69, 9.17) is 4.98 Å². The summed E-state index contributed by atoms with van der Waals surface area (Å²) in [5.41, 5.74) is 4.78. The van der Waals surface area contributed by atoms with Crippen molar-refractivity contribution in [1.82, 2.24) is 20.3 Å². The summed E-state index contributed by atoms with van der Waals surface area (Å²) in [6.45, 7) is 6.26. The van der Waals surface area contributed by atoms with Crippen LogP contribution in [0.3, 0.4) is 0 Å². The van der Waals surface area contributed by atoms with Crippen molar-refractivity contribution in [3.05, 3.63) is 65.6 Å². The Balaban J connectivity index is 1.46. The maximum Gasteiger partial charge on any atom is 0.270 e. The molecule has 2 aromatic heterocycles. The first-order valence-corrected chi connectivity index (χ1v) is 10.3. The molecule has 0 bridgehead atoms. The van der Waals surface area contributed by atoms with E-state index in [1.54, 1.807) is 12.4 Å². The van der Waals surface area contributed by atoms with Crippen molar-refractivity contribution in [2.45, 2.75) is 13.3 Å². The van der Waals surface area contributed by atoms with Gasteiger partial charge in [-0.05, 0) is 37.6 Å². The number of aryl methyl sites for hydroxylation is 1. The van der Waals surface area contributed by atoms with Gasteiger partial charge in [-0.25, -0.2) is 9.97 Å². The molecule has 30 heavy (non-hydrogen) atoms. The lowest BCUT2D eigenvalue weighted by Gasteiger charge is -2.38. The van der Waals surface area contributed by atoms with Crippen LogP contribution in [0.1, 0.15) is 21.6 Å². The molecule has 1 aromatic carbocycles. The van der Waals surface area contributed by atoms with Crippen LogP contribution >= 0.6 is 0 Å². The number of carbonyl (C=O) groups is 1. The molecule has 0 saturated carbocycles. The quantitative estimate of drug-likeness (QED) is 0.728. The minimum absolute atomic E-state index is 0.122. The van der Waals surface area contributed by atoms with Gasteiger partial charge in [0, 0.05) is 61.9 Å². The van der Waals surface area contributed by atoms with E-state index in [2.05, 4.69) is 56.3 Å². The van der Waals surface area contributed by atoms with E-state index >= 15 is 0 Å². The maximum atomic E-state index is 12.5. The highest BCUT2D eigenvalue weighted by molar-refractivity contribution is 5.96. The molecule has 0 spiro atoms. The first-order valence-electron chi connectivity index (χ1n) is 10.3. The van der Waals surface area contributed by atoms with Gasteiger partial charge in [0.05, 0.1) is 0 Å². The maximum absolute atomic E-state index is 12.5. The fraction of sp³-hybridized carbons (Fsp3) is 0.304. The third kappa shape index (κ3) is 3.47. The number of nitrogens with zero attached hydrogens (tertiary/aromatic N) is 5. The number of benzene rings is 1. The van der Waals surface area contributed by atoms with Crippen LogP contribution in [0.15, 0.2) is 48.8 Å². The highest BCUT2D eigenvalue weighted by Crippen LogP contribution is 2.29. The molecule has 1 saturated heterocycles. The topological polar surface area (TPSA) is 74.2 Å². The van der Waals surface area contributed by atoms with Crippen LogP contribution < -0.4 is 15.1 Å². The number of nitrogens with one attached hydrogen (secondary N) is 1. The number of amides is 1. The van der Waals surface area contributed by atoms with Crippen LogP contribution in [0.25, 0.3) is 11.4 Å². The van der Waals surface area contributed by atoms with Gasteiger partial charge in [0.25, 0.3) is 5.91 Å². The SMILES string of the molecule is Cc1ccc(N2CCN(c3nc(-c4cccnc4)nc4c3CCNC4=O)CC2)cc1. The Morgan fingerprint density at radius 3 is 2.47 bits per heavy atom. The molecule has 4 heterocycles. The second-order valence-electron chi connectivity index (χ2n) is 7.76. The zero-order valence-corrected chi connectivity index (χ0v) is 17.0. The number of aromatic nitrogens is 3. The van der Waals surface area contributed by atoms with E-state index in [0.29, 0.717) is 18.1 Å². The molecule has 7 heteroatoms. The van der Waals surface area contributed by atoms with Gasteiger partial charge in [-0.1, -0.05) is 17.7 Å². The summed E-state index contributed by atoms with van der Waals surface area (Å²) in [7, 11) is 0. The normalized spacial score (nSPS) is 16.2. The number of carbonyl (C=O) groups excluding carboxylic acids is 1. The Labute approximate surface area is 175 Å². The van der Waals surface area contributed by atoms with E-state index in [1.807, 2.05) is 12.1 Å². The molecular weight excluding hydrogens is 376 g/mol. The molecule has 1 amide bonds. The van der Waals surface area contributed by atoms with Crippen molar-refractivity contribution < 1.29 is 4.79 Å². The predicted molar refractivity (Wildman–Crippen MR) is 117 cm³/mol. The van der Waals surface area contributed by atoms with E-state index in [0.717, 1.165) is 49.5 Å². The largest absolute Gasteiger partial charge is 0.368 e. The van der Waals surface area contributed by atoms with Gasteiger partial charge in [-0.3, -0.25) is 9.78 Å². The molecule has 152 valence electrons. The molecule has 3 aromatic rings. The summed E-state index contributed by atoms with van der Waals surface area (Å²) in [6, 6.07) is 12.5. The van der Waals surface area contributed by atoms with E-state index < -0.39 is 0 Å². The van der Waals surface area contributed by atoms with Crippen molar-refractivity contribution >= 4 is 17.4 Å². The van der Waals surface area contributed by atoms with Gasteiger partial charge in [0.1, 0.15) is 11.5 Å². The Bertz CT molecular complexity index is 1060. The zero-order valence-electron chi connectivity index (χ0n) is 17.0. The van der Waals surface area contributed by atoms with Crippen molar-refractivity contribution in [2.75, 3.05) is 42.5 Å². The summed E-state index contributed by atoms with van der Waals surface area (Å²) >= 11 is 0. The van der Waals surface area contributed by atoms with E-state index in [1.165, 1.54) is 11.3 Å². The summed E-state index contributed by atoms with van der Waals surface area (Å²) in [5.74, 6) is 1.32. The van der Waals surface area contributed by atoms with Crippen LogP contribution in [-0.2, 0) is 6.42 Å². The first-order chi connectivity index (χ1) is 14.7. The van der Waals surface area contributed by atoms with Crippen LogP contribution in [0.4, 0.5) is 11.5 Å². The number of piperazine rings is 1. The standard InChI is InChI=1S/C23H24N6O/c1-16-4-6-18(7-5-16)28-11-13-29(14-12-28)22-19-8-10-25-23(30)20(19)26-21(27-22)17-3-2-9-24-15-17/h2-7,9,15H,8,10-14H2,1H3,(H,25,30). The van der Waals surface area contributed by atoms with Crippen LogP contribution in [0.5, 0.6) is 0 Å². The summed E-state index contributed by atoms with van der Waals surface area (Å²) in [5, 5.41) is 2.91. The Kier molecular flexibility index (Phi) is 4.78. The summed E-state index contributed by atoms with van der Waals surface area (Å²) < 4.78 is 0. The fourth-order valence-electron chi connectivity index (χ4n) is 4.09. The van der Waals surface area contributed by atoms with Gasteiger partial charge < -0.3 is 15.1 Å². The van der Waals surface area contributed by atoms with Crippen molar-refractivity contribution in [2.24, 2.45) is 0 Å². The van der Waals surface area contributed by atoms with Gasteiger partial charge in [0.15, 0.2) is 5.82 Å². The highest BCUT2D eigenvalue weighted by atomic mass is 16.1. The third-order valence-corrected chi connectivity index (χ3v) is 5.76. The average Bonchev–Trinajstić information content (AvgIpc) is 2.80. The monoisotopic (exact) mass is 400 g/mol. The van der Waals surface area contributed by atoms with E-state index in [9.17, 15) is 4.79 Å². The van der Waals surface area contributed by atoms with Gasteiger partial charge in [-0.2, -0.15) is 0 Å². The number of rotatable bonds is 3. The predicted octanol–water partition coefficient (Wildman–Crippen LogP) is 2.46. The van der Waals surface area contributed by atoms with Crippen molar-refractivity contribution in [1.29, 1.82) is 0 Å². The molecule has 2 aliphatic heterocycles. The van der Waals surface area contributed by atoms with Gasteiger partial charge >= 0.3 is 0 Å². The molecule has 0 aliphatic carbocycles. The lowest BCUT2D eigenvalue weighted by atomic mass is 10.0. The van der Waals surface area contributed by atoms with Crippen LogP contribution in [0.2, 0.25) is 0 Å². The molecule has 5 rings (SSSR count). The Hall–Kier alpha value is -3.48. The molecule has 7 nitrogen and oxygen atoms in total. The number of pyridine rings is 1. The summed E-state index contributed by atoms with van der Waals surface area (Å²) in [6.07, 6.45) is 4.21. The lowest BCUT2D eigenvalue weighted by Crippen LogP contribution is -2.47. The number of hydrogen-bond acceptors (Lipinski definition) is 6. The van der Waals surface area contributed by atoms with Crippen LogP contribution in [0, 0.1) is 6.92 Å². The molecule has 1 fully saturated rings. The van der Waals surface area contributed by atoms with Gasteiger partial charge in [0.2, 0.25) is 0 Å². The number of fused-ring (bicyclic) bond motifs is 1. The summed E-state index contributed by atoms with van der Waals surface area (Å²) in [4.78, 5) is 30.9. The second kappa shape index (κ2) is 7.74. The van der Waals surface area contributed by atoms with E-state index in [-0.39, 0.29) is 5.91 Å². The number of hydrogen-bond donors (Lipinski definition) is 1. The number of anilines is 2. The van der Waals surface area contributed by atoms with Crippen LogP contribution in [-0.4, -0.2) is 53.6 Å². The molecule has 1 N–H and O–H groups in total. The lowest BCUT2D eigenvalue weighted by molar-refractivity contribution is 0.0940. The Morgan fingerprint density at radius 1 is 0.967 bits per heavy atom. The second-order valence-corrected chi connectivity index (χ2v) is 7.76.